The van der Waals surface area contributed by atoms with Crippen molar-refractivity contribution in [2.75, 3.05) is 13.1 Å². The second-order valence-corrected chi connectivity index (χ2v) is 5.31. The van der Waals surface area contributed by atoms with Gasteiger partial charge in [-0.25, -0.2) is 0 Å². The number of carboxylic acids is 1. The number of nitrogens with zero attached hydrogens (tertiary/aromatic N) is 1. The van der Waals surface area contributed by atoms with Crippen molar-refractivity contribution in [3.63, 3.8) is 0 Å². The quantitative estimate of drug-likeness (QED) is 0.712. The van der Waals surface area contributed by atoms with Crippen LogP contribution in [0.25, 0.3) is 0 Å². The first-order valence-corrected chi connectivity index (χ1v) is 7.53. The second-order valence-electron chi connectivity index (χ2n) is 5.31. The van der Waals surface area contributed by atoms with Gasteiger partial charge in [-0.15, -0.1) is 0 Å². The summed E-state index contributed by atoms with van der Waals surface area (Å²) in [4.78, 5) is 36.3. The van der Waals surface area contributed by atoms with Gasteiger partial charge >= 0.3 is 5.97 Å². The number of carbonyl (C=O) groups is 3. The van der Waals surface area contributed by atoms with Crippen LogP contribution in [0.1, 0.15) is 48.5 Å². The summed E-state index contributed by atoms with van der Waals surface area (Å²) in [5.74, 6) is -1.16. The van der Waals surface area contributed by atoms with Crippen molar-refractivity contribution in [3.05, 3.63) is 35.4 Å². The first-order chi connectivity index (χ1) is 10.4. The maximum Gasteiger partial charge on any atom is 0.305 e. The van der Waals surface area contributed by atoms with Crippen LogP contribution in [0.2, 0.25) is 0 Å². The van der Waals surface area contributed by atoms with Crippen LogP contribution in [0.5, 0.6) is 0 Å². The lowest BCUT2D eigenvalue weighted by molar-refractivity contribution is -0.138. The number of aryl methyl sites for hydroxylation is 1. The van der Waals surface area contributed by atoms with Crippen LogP contribution in [0.15, 0.2) is 24.3 Å². The Balaban J connectivity index is 2.52. The molecule has 5 heteroatoms. The van der Waals surface area contributed by atoms with Crippen LogP contribution in [0, 0.1) is 6.92 Å². The largest absolute Gasteiger partial charge is 0.481 e. The number of amides is 1. The van der Waals surface area contributed by atoms with Crippen LogP contribution in [-0.2, 0) is 9.59 Å². The lowest BCUT2D eigenvalue weighted by Crippen LogP contribution is -2.33. The average Bonchev–Trinajstić information content (AvgIpc) is 2.49. The van der Waals surface area contributed by atoms with Gasteiger partial charge in [-0.1, -0.05) is 36.8 Å². The fourth-order valence-electron chi connectivity index (χ4n) is 2.12. The lowest BCUT2D eigenvalue weighted by atomic mass is 10.0. The van der Waals surface area contributed by atoms with Crippen LogP contribution in [-0.4, -0.2) is 40.8 Å². The molecule has 0 radical (unpaired) electrons. The molecule has 0 unspecified atom stereocenters. The van der Waals surface area contributed by atoms with Crippen molar-refractivity contribution in [3.8, 4) is 0 Å². The molecule has 0 aliphatic heterocycles. The van der Waals surface area contributed by atoms with E-state index in [2.05, 4.69) is 0 Å². The van der Waals surface area contributed by atoms with Crippen LogP contribution in [0.3, 0.4) is 0 Å². The molecule has 0 aromatic heterocycles. The number of ketones is 1. The minimum Gasteiger partial charge on any atom is -0.481 e. The van der Waals surface area contributed by atoms with Crippen molar-refractivity contribution in [1.29, 1.82) is 0 Å². The van der Waals surface area contributed by atoms with E-state index >= 15 is 0 Å². The van der Waals surface area contributed by atoms with Gasteiger partial charge in [0.2, 0.25) is 5.91 Å². The van der Waals surface area contributed by atoms with Gasteiger partial charge in [0.25, 0.3) is 0 Å². The number of rotatable bonds is 9. The molecule has 1 rings (SSSR count). The zero-order valence-electron chi connectivity index (χ0n) is 13.2. The third-order valence-electron chi connectivity index (χ3n) is 3.38. The highest BCUT2D eigenvalue weighted by molar-refractivity contribution is 5.98. The van der Waals surface area contributed by atoms with Gasteiger partial charge in [0, 0.05) is 31.5 Å². The molecule has 0 saturated carbocycles. The molecule has 0 heterocycles. The molecule has 120 valence electrons. The predicted octanol–water partition coefficient (Wildman–Crippen LogP) is 2.67. The number of aliphatic carboxylic acids is 1. The summed E-state index contributed by atoms with van der Waals surface area (Å²) in [6, 6.07) is 7.25. The van der Waals surface area contributed by atoms with E-state index in [-0.39, 0.29) is 37.5 Å². The smallest absolute Gasteiger partial charge is 0.305 e. The van der Waals surface area contributed by atoms with E-state index in [1.54, 1.807) is 12.1 Å². The standard InChI is InChI=1S/C17H23NO4/c1-3-11-18(12-10-17(21)22)16(20)9-8-15(19)14-6-4-13(2)5-7-14/h4-7H,3,8-12H2,1-2H3,(H,21,22). The van der Waals surface area contributed by atoms with E-state index < -0.39 is 5.97 Å². The first-order valence-electron chi connectivity index (χ1n) is 7.53. The Labute approximate surface area is 130 Å². The molecule has 1 amide bonds. The Kier molecular flexibility index (Phi) is 7.29. The van der Waals surface area contributed by atoms with Gasteiger partial charge in [0.05, 0.1) is 6.42 Å². The first kappa shape index (κ1) is 17.9. The third-order valence-corrected chi connectivity index (χ3v) is 3.38. The average molecular weight is 305 g/mol. The van der Waals surface area contributed by atoms with Gasteiger partial charge < -0.3 is 10.0 Å². The Morgan fingerprint density at radius 3 is 2.18 bits per heavy atom. The summed E-state index contributed by atoms with van der Waals surface area (Å²) in [6.07, 6.45) is 0.955. The van der Waals surface area contributed by atoms with Gasteiger partial charge in [-0.2, -0.15) is 0 Å². The molecule has 22 heavy (non-hydrogen) atoms. The van der Waals surface area contributed by atoms with E-state index in [9.17, 15) is 14.4 Å². The van der Waals surface area contributed by atoms with Crippen molar-refractivity contribution >= 4 is 17.7 Å². The minimum absolute atomic E-state index is 0.0666. The minimum atomic E-state index is -0.926. The van der Waals surface area contributed by atoms with Gasteiger partial charge in [-0.05, 0) is 13.3 Å². The summed E-state index contributed by atoms with van der Waals surface area (Å²) < 4.78 is 0. The fourth-order valence-corrected chi connectivity index (χ4v) is 2.12. The number of hydrogen-bond donors (Lipinski definition) is 1. The number of carbonyl (C=O) groups excluding carboxylic acids is 2. The summed E-state index contributed by atoms with van der Waals surface area (Å²) in [5.41, 5.74) is 1.68. The molecule has 1 aromatic carbocycles. The molecule has 1 N–H and O–H groups in total. The predicted molar refractivity (Wildman–Crippen MR) is 83.9 cm³/mol. The number of hydrogen-bond acceptors (Lipinski definition) is 3. The van der Waals surface area contributed by atoms with Crippen molar-refractivity contribution in [2.24, 2.45) is 0 Å². The Bertz CT molecular complexity index is 522. The lowest BCUT2D eigenvalue weighted by Gasteiger charge is -2.21. The van der Waals surface area contributed by atoms with Crippen LogP contribution < -0.4 is 0 Å². The monoisotopic (exact) mass is 305 g/mol. The number of Topliss-reactive ketones (excluding diaryl/α,β-unsaturated/α-hetero) is 1. The molecule has 0 bridgehead atoms. The van der Waals surface area contributed by atoms with E-state index in [1.807, 2.05) is 26.0 Å². The third kappa shape index (κ3) is 6.08. The molecular formula is C17H23NO4. The molecule has 0 atom stereocenters. The zero-order chi connectivity index (χ0) is 16.5. The van der Waals surface area contributed by atoms with E-state index in [4.69, 9.17) is 5.11 Å². The molecule has 0 fully saturated rings. The van der Waals surface area contributed by atoms with Crippen LogP contribution in [0.4, 0.5) is 0 Å². The molecule has 0 aliphatic carbocycles. The summed E-state index contributed by atoms with van der Waals surface area (Å²) >= 11 is 0. The zero-order valence-corrected chi connectivity index (χ0v) is 13.2. The van der Waals surface area contributed by atoms with Gasteiger partial charge in [0.15, 0.2) is 5.78 Å². The Hall–Kier alpha value is -2.17. The molecule has 5 nitrogen and oxygen atoms in total. The highest BCUT2D eigenvalue weighted by Gasteiger charge is 2.16. The Morgan fingerprint density at radius 2 is 1.64 bits per heavy atom. The van der Waals surface area contributed by atoms with Gasteiger partial charge in [-0.3, -0.25) is 14.4 Å². The van der Waals surface area contributed by atoms with E-state index in [0.717, 1.165) is 12.0 Å². The summed E-state index contributed by atoms with van der Waals surface area (Å²) in [6.45, 7) is 4.59. The highest BCUT2D eigenvalue weighted by Crippen LogP contribution is 2.09. The normalized spacial score (nSPS) is 10.3. The molecule has 0 aliphatic rings. The Morgan fingerprint density at radius 1 is 1.00 bits per heavy atom. The number of benzene rings is 1. The van der Waals surface area contributed by atoms with E-state index in [1.165, 1.54) is 4.90 Å². The molecule has 0 saturated heterocycles. The van der Waals surface area contributed by atoms with E-state index in [0.29, 0.717) is 12.1 Å². The summed E-state index contributed by atoms with van der Waals surface area (Å²) in [7, 11) is 0. The van der Waals surface area contributed by atoms with Crippen LogP contribution >= 0.6 is 0 Å². The topological polar surface area (TPSA) is 74.7 Å². The summed E-state index contributed by atoms with van der Waals surface area (Å²) in [5, 5.41) is 8.71. The fraction of sp³-hybridized carbons (Fsp3) is 0.471. The molecule has 0 spiro atoms. The number of carboxylic acid groups (broad SMARTS) is 1. The molecule has 1 aromatic rings. The maximum atomic E-state index is 12.1. The molecular weight excluding hydrogens is 282 g/mol. The SMILES string of the molecule is CCCN(CCC(=O)O)C(=O)CCC(=O)c1ccc(C)cc1. The van der Waals surface area contributed by atoms with Crippen molar-refractivity contribution in [2.45, 2.75) is 39.5 Å². The highest BCUT2D eigenvalue weighted by atomic mass is 16.4. The van der Waals surface area contributed by atoms with Crippen molar-refractivity contribution in [1.82, 2.24) is 4.90 Å². The van der Waals surface area contributed by atoms with Crippen molar-refractivity contribution < 1.29 is 19.5 Å². The maximum absolute atomic E-state index is 12.1. The van der Waals surface area contributed by atoms with Gasteiger partial charge in [0.1, 0.15) is 0 Å². The second kappa shape index (κ2) is 8.97.